The van der Waals surface area contributed by atoms with Crippen LogP contribution in [0, 0.1) is 17.8 Å². The Balaban J connectivity index is 6.11. The topological polar surface area (TPSA) is 290 Å². The maximum atomic E-state index is 13.7. The molecule has 0 aromatic carbocycles. The number of unbranched alkanes of at least 4 members (excludes halogenated alkanes) is 2. The number of nitrogens with two attached hydrogens (primary N) is 3. The normalized spacial score (nSPS) is 16.1. The largest absolute Gasteiger partial charge is 0.480 e. The smallest absolute Gasteiger partial charge is 0.326 e. The minimum absolute atomic E-state index is 0.129. The van der Waals surface area contributed by atoms with Crippen molar-refractivity contribution in [1.29, 1.82) is 0 Å². The summed E-state index contributed by atoms with van der Waals surface area (Å²) in [6.45, 7) is 11.5. The van der Waals surface area contributed by atoms with Gasteiger partial charge in [0.1, 0.15) is 36.3 Å². The van der Waals surface area contributed by atoms with Crippen LogP contribution in [0.4, 0.5) is 0 Å². The summed E-state index contributed by atoms with van der Waals surface area (Å²) in [5.74, 6) is -5.63. The van der Waals surface area contributed by atoms with Gasteiger partial charge in [0.05, 0.1) is 6.04 Å². The quantitative estimate of drug-likeness (QED) is 0.0337. The zero-order chi connectivity index (χ0) is 43.0. The van der Waals surface area contributed by atoms with E-state index >= 15 is 0 Å². The van der Waals surface area contributed by atoms with Crippen LogP contribution in [0.15, 0.2) is 0 Å². The maximum Gasteiger partial charge on any atom is 0.326 e. The van der Waals surface area contributed by atoms with E-state index < -0.39 is 89.6 Å². The highest BCUT2D eigenvalue weighted by atomic mass is 32.2. The van der Waals surface area contributed by atoms with Crippen molar-refractivity contribution < 1.29 is 38.7 Å². The van der Waals surface area contributed by atoms with Crippen LogP contribution >= 0.6 is 24.4 Å². The molecule has 17 nitrogen and oxygen atoms in total. The third-order valence-corrected chi connectivity index (χ3v) is 10.8. The first-order chi connectivity index (χ1) is 26.4. The number of carboxylic acid groups (broad SMARTS) is 1. The van der Waals surface area contributed by atoms with E-state index in [0.29, 0.717) is 57.4 Å². The van der Waals surface area contributed by atoms with Crippen molar-refractivity contribution in [3.8, 4) is 0 Å². The van der Waals surface area contributed by atoms with Crippen molar-refractivity contribution >= 4 is 65.8 Å². The van der Waals surface area contributed by atoms with Gasteiger partial charge in [0.2, 0.25) is 35.4 Å². The van der Waals surface area contributed by atoms with Crippen molar-refractivity contribution in [3.63, 3.8) is 0 Å². The number of nitrogens with one attached hydrogen (secondary N) is 6. The van der Waals surface area contributed by atoms with E-state index in [4.69, 9.17) is 17.2 Å². The van der Waals surface area contributed by atoms with Crippen LogP contribution in [0.2, 0.25) is 0 Å². The molecule has 19 heteroatoms. The summed E-state index contributed by atoms with van der Waals surface area (Å²) in [5, 5.41) is 25.7. The van der Waals surface area contributed by atoms with Gasteiger partial charge in [-0.25, -0.2) is 4.79 Å². The summed E-state index contributed by atoms with van der Waals surface area (Å²) in [5.41, 5.74) is 17.5. The van der Waals surface area contributed by atoms with Crippen molar-refractivity contribution in [2.45, 2.75) is 142 Å². The molecule has 324 valence electrons. The van der Waals surface area contributed by atoms with Gasteiger partial charge in [-0.2, -0.15) is 24.4 Å². The lowest BCUT2D eigenvalue weighted by molar-refractivity contribution is -0.142. The molecule has 56 heavy (non-hydrogen) atoms. The standard InChI is InChI=1S/C37H71N9O8S2/c1-8-22(5)28(40)34(50)42-25(15-11-13-18-39)31(47)41-24(14-10-12-17-38)32(48)44-27(20-55)33(49)45-29(21(3)4)35(51)46-30(23(6)9-2)36(52)43-26(37(53)54)16-19-56-7/h21-30,55H,8-20,38-40H2,1-7H3,(H,41,47)(H,42,50)(H,43,52)(H,44,48)(H,45,49)(H,46,51)(H,53,54). The van der Waals surface area contributed by atoms with E-state index in [-0.39, 0.29) is 36.9 Å². The molecule has 0 saturated heterocycles. The number of carboxylic acids is 1. The number of amides is 6. The third-order valence-electron chi connectivity index (χ3n) is 9.80. The second-order valence-electron chi connectivity index (χ2n) is 14.6. The van der Waals surface area contributed by atoms with Crippen LogP contribution in [0.25, 0.3) is 0 Å². The van der Waals surface area contributed by atoms with E-state index in [2.05, 4.69) is 44.5 Å². The molecule has 0 bridgehead atoms. The van der Waals surface area contributed by atoms with E-state index in [1.165, 1.54) is 11.8 Å². The number of thiol groups is 1. The van der Waals surface area contributed by atoms with Crippen LogP contribution < -0.4 is 49.1 Å². The Morgan fingerprint density at radius 1 is 0.589 bits per heavy atom. The lowest BCUT2D eigenvalue weighted by Gasteiger charge is -2.30. The summed E-state index contributed by atoms with van der Waals surface area (Å²) in [4.78, 5) is 92.6. The molecule has 0 spiro atoms. The SMILES string of the molecule is CCC(C)C(N)C(=O)NC(CCCCN)C(=O)NC(CCCCN)C(=O)NC(CS)C(=O)NC(C(=O)NC(C(=O)NC(CCSC)C(=O)O)C(C)CC)C(C)C. The van der Waals surface area contributed by atoms with Gasteiger partial charge in [-0.15, -0.1) is 0 Å². The number of carbonyl (C=O) groups excluding carboxylic acids is 6. The van der Waals surface area contributed by atoms with Gasteiger partial charge in [0, 0.05) is 5.75 Å². The third kappa shape index (κ3) is 19.3. The molecule has 0 heterocycles. The highest BCUT2D eigenvalue weighted by molar-refractivity contribution is 7.98. The zero-order valence-corrected chi connectivity index (χ0v) is 36.1. The summed E-state index contributed by atoms with van der Waals surface area (Å²) in [7, 11) is 0. The molecular weight excluding hydrogens is 763 g/mol. The van der Waals surface area contributed by atoms with Crippen LogP contribution in [0.1, 0.15) is 99.3 Å². The van der Waals surface area contributed by atoms with E-state index in [9.17, 15) is 38.7 Å². The Morgan fingerprint density at radius 2 is 1.02 bits per heavy atom. The van der Waals surface area contributed by atoms with E-state index in [1.807, 2.05) is 27.0 Å². The molecule has 0 aliphatic carbocycles. The van der Waals surface area contributed by atoms with Crippen LogP contribution in [-0.4, -0.2) is 120 Å². The molecule has 0 radical (unpaired) electrons. The van der Waals surface area contributed by atoms with Gasteiger partial charge in [-0.05, 0) is 87.8 Å². The Labute approximate surface area is 342 Å². The maximum absolute atomic E-state index is 13.7. The van der Waals surface area contributed by atoms with Gasteiger partial charge in [-0.1, -0.05) is 54.4 Å². The average Bonchev–Trinajstić information content (AvgIpc) is 3.16. The summed E-state index contributed by atoms with van der Waals surface area (Å²) < 4.78 is 0. The van der Waals surface area contributed by atoms with Gasteiger partial charge in [0.15, 0.2) is 0 Å². The highest BCUT2D eigenvalue weighted by Crippen LogP contribution is 2.13. The van der Waals surface area contributed by atoms with E-state index in [1.54, 1.807) is 20.8 Å². The highest BCUT2D eigenvalue weighted by Gasteiger charge is 2.35. The van der Waals surface area contributed by atoms with Crippen LogP contribution in [-0.2, 0) is 33.6 Å². The fourth-order valence-corrected chi connectivity index (χ4v) is 6.26. The van der Waals surface area contributed by atoms with Crippen LogP contribution in [0.3, 0.4) is 0 Å². The molecule has 0 rings (SSSR count). The van der Waals surface area contributed by atoms with Gasteiger partial charge >= 0.3 is 5.97 Å². The molecule has 0 aromatic heterocycles. The number of hydrogen-bond acceptors (Lipinski definition) is 12. The predicted octanol–water partition coefficient (Wildman–Crippen LogP) is -0.00380. The van der Waals surface area contributed by atoms with E-state index in [0.717, 1.165) is 0 Å². The molecule has 13 N–H and O–H groups in total. The molecule has 9 atom stereocenters. The number of hydrogen-bond donors (Lipinski definition) is 11. The second kappa shape index (κ2) is 29.1. The number of rotatable bonds is 30. The molecule has 6 amide bonds. The number of carbonyl (C=O) groups is 7. The molecule has 0 aromatic rings. The second-order valence-corrected chi connectivity index (χ2v) is 16.0. The van der Waals surface area contributed by atoms with Crippen molar-refractivity contribution in [2.75, 3.05) is 30.9 Å². The Kier molecular flexibility index (Phi) is 27.5. The molecule has 9 unspecified atom stereocenters. The Bertz CT molecular complexity index is 1250. The lowest BCUT2D eigenvalue weighted by atomic mass is 9.96. The predicted molar refractivity (Wildman–Crippen MR) is 224 cm³/mol. The summed E-state index contributed by atoms with van der Waals surface area (Å²) in [6, 6.07) is -7.54. The molecule has 0 aliphatic rings. The fraction of sp³-hybridized carbons (Fsp3) is 0.811. The average molecular weight is 834 g/mol. The number of thioether (sulfide) groups is 1. The molecule has 0 fully saturated rings. The first-order valence-corrected chi connectivity index (χ1v) is 21.8. The minimum atomic E-state index is -1.23. The van der Waals surface area contributed by atoms with Crippen LogP contribution in [0.5, 0.6) is 0 Å². The Hall–Kier alpha value is -3.13. The zero-order valence-electron chi connectivity index (χ0n) is 34.4. The molecular formula is C37H71N9O8S2. The fourth-order valence-electron chi connectivity index (χ4n) is 5.53. The summed E-state index contributed by atoms with van der Waals surface area (Å²) in [6.07, 6.45) is 5.79. The lowest BCUT2D eigenvalue weighted by Crippen LogP contribution is -2.61. The molecule has 0 aliphatic heterocycles. The van der Waals surface area contributed by atoms with Crippen molar-refractivity contribution in [1.82, 2.24) is 31.9 Å². The first-order valence-electron chi connectivity index (χ1n) is 19.7. The minimum Gasteiger partial charge on any atom is -0.480 e. The number of aliphatic carboxylic acids is 1. The van der Waals surface area contributed by atoms with Gasteiger partial charge in [-0.3, -0.25) is 28.8 Å². The van der Waals surface area contributed by atoms with Gasteiger partial charge < -0.3 is 54.2 Å². The first kappa shape index (κ1) is 52.9. The van der Waals surface area contributed by atoms with Gasteiger partial charge in [0.25, 0.3) is 0 Å². The van der Waals surface area contributed by atoms with Crippen molar-refractivity contribution in [3.05, 3.63) is 0 Å². The Morgan fingerprint density at radius 3 is 1.45 bits per heavy atom. The van der Waals surface area contributed by atoms with Crippen molar-refractivity contribution in [2.24, 2.45) is 35.0 Å². The summed E-state index contributed by atoms with van der Waals surface area (Å²) >= 11 is 5.72. The molecule has 0 saturated carbocycles. The monoisotopic (exact) mass is 833 g/mol.